The number of aliphatic imine (C=N–C) groups is 1. The molecule has 22 heavy (non-hydrogen) atoms. The van der Waals surface area contributed by atoms with Crippen LogP contribution in [0.2, 0.25) is 0 Å². The average Bonchev–Trinajstić information content (AvgIpc) is 2.85. The molecule has 0 aliphatic heterocycles. The van der Waals surface area contributed by atoms with Gasteiger partial charge in [-0.1, -0.05) is 13.8 Å². The summed E-state index contributed by atoms with van der Waals surface area (Å²) in [6, 6.07) is 0. The Bertz CT molecular complexity index is 421. The van der Waals surface area contributed by atoms with E-state index in [4.69, 9.17) is 4.74 Å². The van der Waals surface area contributed by atoms with Gasteiger partial charge in [-0.05, 0) is 19.3 Å². The monoisotopic (exact) mass is 424 g/mol. The van der Waals surface area contributed by atoms with Gasteiger partial charge in [-0.25, -0.2) is 9.98 Å². The largest absolute Gasteiger partial charge is 0.380 e. The molecule has 0 unspecified atom stereocenters. The number of aromatic nitrogens is 3. The summed E-state index contributed by atoms with van der Waals surface area (Å²) < 4.78 is 7.30. The van der Waals surface area contributed by atoms with E-state index < -0.39 is 0 Å². The number of guanidine groups is 1. The molecule has 0 saturated heterocycles. The summed E-state index contributed by atoms with van der Waals surface area (Å²) in [5, 5.41) is 10.5. The van der Waals surface area contributed by atoms with Crippen LogP contribution in [0, 0.1) is 5.92 Å². The molecule has 0 aliphatic rings. The van der Waals surface area contributed by atoms with Gasteiger partial charge >= 0.3 is 0 Å². The van der Waals surface area contributed by atoms with E-state index >= 15 is 0 Å². The molecule has 0 fully saturated rings. The molecule has 0 saturated carbocycles. The predicted molar refractivity (Wildman–Crippen MR) is 99.5 cm³/mol. The minimum atomic E-state index is 0. The molecular formula is C14H29IN6O. The third-order valence-corrected chi connectivity index (χ3v) is 2.91. The fraction of sp³-hybridized carbons (Fsp3) is 0.786. The third kappa shape index (κ3) is 9.19. The molecule has 1 aromatic heterocycles. The fourth-order valence-electron chi connectivity index (χ4n) is 1.62. The van der Waals surface area contributed by atoms with E-state index in [1.807, 2.05) is 14.0 Å². The second kappa shape index (κ2) is 12.6. The summed E-state index contributed by atoms with van der Waals surface area (Å²) in [6.07, 6.45) is 2.63. The van der Waals surface area contributed by atoms with E-state index in [1.54, 1.807) is 4.68 Å². The summed E-state index contributed by atoms with van der Waals surface area (Å²) in [6.45, 7) is 9.99. The second-order valence-electron chi connectivity index (χ2n) is 5.22. The van der Waals surface area contributed by atoms with Gasteiger partial charge in [-0.3, -0.25) is 4.68 Å². The van der Waals surface area contributed by atoms with Crippen molar-refractivity contribution in [1.29, 1.82) is 0 Å². The van der Waals surface area contributed by atoms with Gasteiger partial charge in [0.2, 0.25) is 0 Å². The highest BCUT2D eigenvalue weighted by atomic mass is 127. The lowest BCUT2D eigenvalue weighted by Crippen LogP contribution is -2.39. The van der Waals surface area contributed by atoms with Crippen LogP contribution in [0.3, 0.4) is 0 Å². The van der Waals surface area contributed by atoms with Crippen molar-refractivity contribution in [2.24, 2.45) is 18.0 Å². The lowest BCUT2D eigenvalue weighted by Gasteiger charge is -2.11. The van der Waals surface area contributed by atoms with Crippen LogP contribution in [0.25, 0.3) is 0 Å². The van der Waals surface area contributed by atoms with E-state index in [0.29, 0.717) is 19.1 Å². The van der Waals surface area contributed by atoms with E-state index in [-0.39, 0.29) is 24.0 Å². The number of hydrogen-bond donors (Lipinski definition) is 2. The van der Waals surface area contributed by atoms with Crippen LogP contribution < -0.4 is 10.6 Å². The normalized spacial score (nSPS) is 11.4. The maximum absolute atomic E-state index is 5.57. The molecule has 0 aliphatic carbocycles. The Kier molecular flexibility index (Phi) is 12.1. The molecule has 8 heteroatoms. The number of nitrogens with zero attached hydrogens (tertiary/aromatic N) is 4. The average molecular weight is 424 g/mol. The molecule has 2 N–H and O–H groups in total. The van der Waals surface area contributed by atoms with Crippen molar-refractivity contribution in [3.63, 3.8) is 0 Å². The minimum Gasteiger partial charge on any atom is -0.380 e. The molecule has 1 rings (SSSR count). The Hall–Kier alpha value is -0.900. The standard InChI is InChI=1S/C14H28N6O.HI/c1-5-15-14(16-7-9-21-8-6-12(2)3)17-10-13-18-11-19-20(13)4;/h11-12H,5-10H2,1-4H3,(H2,15,16,17);1H. The molecule has 0 aromatic carbocycles. The highest BCUT2D eigenvalue weighted by Crippen LogP contribution is 1.98. The fourth-order valence-corrected chi connectivity index (χ4v) is 1.62. The molecule has 0 radical (unpaired) electrons. The van der Waals surface area contributed by atoms with Crippen LogP contribution in [0.5, 0.6) is 0 Å². The first-order chi connectivity index (χ1) is 10.1. The van der Waals surface area contributed by atoms with Crippen molar-refractivity contribution >= 4 is 29.9 Å². The molecule has 0 bridgehead atoms. The van der Waals surface area contributed by atoms with Crippen molar-refractivity contribution < 1.29 is 4.74 Å². The number of hydrogen-bond acceptors (Lipinski definition) is 4. The Balaban J connectivity index is 0.00000441. The van der Waals surface area contributed by atoms with Gasteiger partial charge in [0.05, 0.1) is 6.61 Å². The number of rotatable bonds is 9. The number of aryl methyl sites for hydroxylation is 1. The molecule has 1 heterocycles. The molecular weight excluding hydrogens is 395 g/mol. The van der Waals surface area contributed by atoms with Crippen molar-refractivity contribution in [2.75, 3.05) is 26.3 Å². The summed E-state index contributed by atoms with van der Waals surface area (Å²) in [5.41, 5.74) is 0. The maximum atomic E-state index is 5.57. The van der Waals surface area contributed by atoms with Gasteiger partial charge in [0.1, 0.15) is 18.7 Å². The van der Waals surface area contributed by atoms with E-state index in [9.17, 15) is 0 Å². The van der Waals surface area contributed by atoms with Gasteiger partial charge in [0.25, 0.3) is 0 Å². The lowest BCUT2D eigenvalue weighted by molar-refractivity contribution is 0.128. The zero-order valence-electron chi connectivity index (χ0n) is 14.0. The van der Waals surface area contributed by atoms with Crippen LogP contribution in [0.15, 0.2) is 11.3 Å². The van der Waals surface area contributed by atoms with Crippen LogP contribution in [-0.4, -0.2) is 47.0 Å². The van der Waals surface area contributed by atoms with Crippen molar-refractivity contribution in [2.45, 2.75) is 33.7 Å². The number of ether oxygens (including phenoxy) is 1. The molecule has 0 amide bonds. The van der Waals surface area contributed by atoms with Crippen molar-refractivity contribution in [3.05, 3.63) is 12.2 Å². The predicted octanol–water partition coefficient (Wildman–Crippen LogP) is 1.55. The van der Waals surface area contributed by atoms with E-state index in [1.165, 1.54) is 6.33 Å². The van der Waals surface area contributed by atoms with Gasteiger partial charge in [0, 0.05) is 26.7 Å². The maximum Gasteiger partial charge on any atom is 0.191 e. The zero-order valence-corrected chi connectivity index (χ0v) is 16.3. The third-order valence-electron chi connectivity index (χ3n) is 2.91. The molecule has 1 aromatic rings. The Morgan fingerprint density at radius 1 is 1.36 bits per heavy atom. The van der Waals surface area contributed by atoms with E-state index in [0.717, 1.165) is 37.9 Å². The highest BCUT2D eigenvalue weighted by Gasteiger charge is 2.01. The Morgan fingerprint density at radius 3 is 2.73 bits per heavy atom. The van der Waals surface area contributed by atoms with Crippen LogP contribution in [-0.2, 0) is 18.3 Å². The topological polar surface area (TPSA) is 76.4 Å². The van der Waals surface area contributed by atoms with Gasteiger partial charge < -0.3 is 15.4 Å². The van der Waals surface area contributed by atoms with Gasteiger partial charge in [0.15, 0.2) is 5.96 Å². The SMILES string of the molecule is CCNC(=NCc1ncnn1C)NCCOCCC(C)C.I. The lowest BCUT2D eigenvalue weighted by atomic mass is 10.1. The van der Waals surface area contributed by atoms with Gasteiger partial charge in [-0.15, -0.1) is 24.0 Å². The first kappa shape index (κ1) is 21.1. The van der Waals surface area contributed by atoms with Crippen LogP contribution in [0.4, 0.5) is 0 Å². The summed E-state index contributed by atoms with van der Waals surface area (Å²) in [7, 11) is 1.86. The zero-order chi connectivity index (χ0) is 15.5. The Labute approximate surface area is 150 Å². The molecule has 0 atom stereocenters. The van der Waals surface area contributed by atoms with Crippen molar-refractivity contribution in [1.82, 2.24) is 25.4 Å². The first-order valence-corrected chi connectivity index (χ1v) is 7.56. The van der Waals surface area contributed by atoms with E-state index in [2.05, 4.69) is 39.6 Å². The first-order valence-electron chi connectivity index (χ1n) is 7.56. The number of nitrogens with one attached hydrogen (secondary N) is 2. The Morgan fingerprint density at radius 2 is 2.14 bits per heavy atom. The second-order valence-corrected chi connectivity index (χ2v) is 5.22. The summed E-state index contributed by atoms with van der Waals surface area (Å²) >= 11 is 0. The summed E-state index contributed by atoms with van der Waals surface area (Å²) in [5.74, 6) is 2.29. The molecule has 7 nitrogen and oxygen atoms in total. The van der Waals surface area contributed by atoms with Crippen LogP contribution in [0.1, 0.15) is 33.0 Å². The molecule has 128 valence electrons. The number of halogens is 1. The van der Waals surface area contributed by atoms with Gasteiger partial charge in [-0.2, -0.15) is 5.10 Å². The summed E-state index contributed by atoms with van der Waals surface area (Å²) in [4.78, 5) is 8.63. The van der Waals surface area contributed by atoms with Crippen LogP contribution >= 0.6 is 24.0 Å². The minimum absolute atomic E-state index is 0. The quantitative estimate of drug-likeness (QED) is 0.272. The highest BCUT2D eigenvalue weighted by molar-refractivity contribution is 14.0. The smallest absolute Gasteiger partial charge is 0.191 e. The molecule has 0 spiro atoms. The van der Waals surface area contributed by atoms with Crippen molar-refractivity contribution in [3.8, 4) is 0 Å².